The van der Waals surface area contributed by atoms with Gasteiger partial charge in [0.25, 0.3) is 0 Å². The Balaban J connectivity index is 1.74. The van der Waals surface area contributed by atoms with Crippen LogP contribution in [0.1, 0.15) is 48.9 Å². The van der Waals surface area contributed by atoms with Crippen LogP contribution in [0.4, 0.5) is 0 Å². The standard InChI is InChI=1S/C21H25N3O2/c1-15-5-7-18(8-6-15)20(23-16(2)25)12-21(26)24(19-9-10-19)14-17-4-3-11-22-13-17/h3-8,11,13,19-20H,9-10,12,14H2,1-2H3,(H,23,25)/t20-/m1/s1. The number of rotatable bonds is 7. The molecular weight excluding hydrogens is 326 g/mol. The molecule has 2 aromatic rings. The third-order valence-electron chi connectivity index (χ3n) is 4.62. The molecule has 0 bridgehead atoms. The number of nitrogens with zero attached hydrogens (tertiary/aromatic N) is 2. The van der Waals surface area contributed by atoms with Gasteiger partial charge in [0.2, 0.25) is 11.8 Å². The van der Waals surface area contributed by atoms with Crippen LogP contribution in [0.15, 0.2) is 48.8 Å². The number of amides is 2. The maximum absolute atomic E-state index is 13.0. The molecule has 3 rings (SSSR count). The first-order valence-corrected chi connectivity index (χ1v) is 9.05. The lowest BCUT2D eigenvalue weighted by atomic mass is 10.0. The minimum atomic E-state index is -0.309. The molecule has 26 heavy (non-hydrogen) atoms. The molecule has 0 aliphatic heterocycles. The molecule has 1 heterocycles. The van der Waals surface area contributed by atoms with Crippen LogP contribution < -0.4 is 5.32 Å². The zero-order chi connectivity index (χ0) is 18.5. The van der Waals surface area contributed by atoms with Gasteiger partial charge in [-0.05, 0) is 37.0 Å². The predicted molar refractivity (Wildman–Crippen MR) is 100 cm³/mol. The lowest BCUT2D eigenvalue weighted by Gasteiger charge is -2.26. The Kier molecular flexibility index (Phi) is 5.66. The Morgan fingerprint density at radius 2 is 1.96 bits per heavy atom. The van der Waals surface area contributed by atoms with Crippen molar-refractivity contribution in [2.45, 2.75) is 51.7 Å². The number of aryl methyl sites for hydroxylation is 1. The number of pyridine rings is 1. The van der Waals surface area contributed by atoms with Crippen LogP contribution in [0, 0.1) is 6.92 Å². The predicted octanol–water partition coefficient (Wildman–Crippen LogP) is 3.15. The third kappa shape index (κ3) is 4.91. The summed E-state index contributed by atoms with van der Waals surface area (Å²) in [6.45, 7) is 4.07. The molecule has 1 aliphatic carbocycles. The van der Waals surface area contributed by atoms with Gasteiger partial charge in [0.1, 0.15) is 0 Å². The first-order chi connectivity index (χ1) is 12.5. The lowest BCUT2D eigenvalue weighted by Crippen LogP contribution is -2.37. The van der Waals surface area contributed by atoms with Crippen molar-refractivity contribution in [1.82, 2.24) is 15.2 Å². The second-order valence-corrected chi connectivity index (χ2v) is 6.98. The highest BCUT2D eigenvalue weighted by Gasteiger charge is 2.33. The molecular formula is C21H25N3O2. The summed E-state index contributed by atoms with van der Waals surface area (Å²) in [5.41, 5.74) is 3.13. The van der Waals surface area contributed by atoms with Gasteiger partial charge in [-0.2, -0.15) is 0 Å². The summed E-state index contributed by atoms with van der Waals surface area (Å²) in [5.74, 6) is -0.0655. The van der Waals surface area contributed by atoms with Gasteiger partial charge in [0, 0.05) is 31.9 Å². The average Bonchev–Trinajstić information content (AvgIpc) is 3.45. The van der Waals surface area contributed by atoms with Gasteiger partial charge in [-0.1, -0.05) is 35.9 Å². The molecule has 1 atom stereocenters. The van der Waals surface area contributed by atoms with Crippen molar-refractivity contribution >= 4 is 11.8 Å². The summed E-state index contributed by atoms with van der Waals surface area (Å²) in [4.78, 5) is 30.7. The van der Waals surface area contributed by atoms with E-state index in [1.165, 1.54) is 6.92 Å². The highest BCUT2D eigenvalue weighted by Crippen LogP contribution is 2.30. The van der Waals surface area contributed by atoms with Gasteiger partial charge in [0.05, 0.1) is 12.5 Å². The van der Waals surface area contributed by atoms with E-state index in [4.69, 9.17) is 0 Å². The summed E-state index contributed by atoms with van der Waals surface area (Å²) < 4.78 is 0. The highest BCUT2D eigenvalue weighted by atomic mass is 16.2. The number of hydrogen-bond acceptors (Lipinski definition) is 3. The van der Waals surface area contributed by atoms with Gasteiger partial charge in [-0.3, -0.25) is 14.6 Å². The second kappa shape index (κ2) is 8.13. The number of aromatic nitrogens is 1. The van der Waals surface area contributed by atoms with Gasteiger partial charge in [0.15, 0.2) is 0 Å². The van der Waals surface area contributed by atoms with Gasteiger partial charge in [-0.25, -0.2) is 0 Å². The normalized spacial score (nSPS) is 14.5. The zero-order valence-corrected chi connectivity index (χ0v) is 15.3. The zero-order valence-electron chi connectivity index (χ0n) is 15.3. The number of nitrogens with one attached hydrogen (secondary N) is 1. The Labute approximate surface area is 154 Å². The van der Waals surface area contributed by atoms with Crippen molar-refractivity contribution in [2.24, 2.45) is 0 Å². The molecule has 5 heteroatoms. The van der Waals surface area contributed by atoms with Crippen molar-refractivity contribution < 1.29 is 9.59 Å². The van der Waals surface area contributed by atoms with E-state index < -0.39 is 0 Å². The monoisotopic (exact) mass is 351 g/mol. The molecule has 1 N–H and O–H groups in total. The third-order valence-corrected chi connectivity index (χ3v) is 4.62. The van der Waals surface area contributed by atoms with Crippen LogP contribution in [-0.4, -0.2) is 27.7 Å². The van der Waals surface area contributed by atoms with E-state index in [0.717, 1.165) is 29.5 Å². The number of hydrogen-bond donors (Lipinski definition) is 1. The van der Waals surface area contributed by atoms with E-state index in [1.807, 2.05) is 48.2 Å². The molecule has 1 aliphatic rings. The smallest absolute Gasteiger partial charge is 0.225 e. The first kappa shape index (κ1) is 18.1. The van der Waals surface area contributed by atoms with Gasteiger partial charge >= 0.3 is 0 Å². The van der Waals surface area contributed by atoms with Crippen LogP contribution in [0.3, 0.4) is 0 Å². The fraction of sp³-hybridized carbons (Fsp3) is 0.381. The largest absolute Gasteiger partial charge is 0.349 e. The van der Waals surface area contributed by atoms with E-state index in [-0.39, 0.29) is 24.3 Å². The van der Waals surface area contributed by atoms with Crippen LogP contribution in [0.25, 0.3) is 0 Å². The summed E-state index contributed by atoms with van der Waals surface area (Å²) in [6, 6.07) is 11.8. The van der Waals surface area contributed by atoms with E-state index in [0.29, 0.717) is 12.6 Å². The second-order valence-electron chi connectivity index (χ2n) is 6.98. The maximum atomic E-state index is 13.0. The van der Waals surface area contributed by atoms with Gasteiger partial charge < -0.3 is 10.2 Å². The highest BCUT2D eigenvalue weighted by molar-refractivity contribution is 5.79. The van der Waals surface area contributed by atoms with Crippen LogP contribution in [0.2, 0.25) is 0 Å². The Morgan fingerprint density at radius 3 is 2.54 bits per heavy atom. The topological polar surface area (TPSA) is 62.3 Å². The molecule has 1 aromatic heterocycles. The van der Waals surface area contributed by atoms with Crippen LogP contribution in [0.5, 0.6) is 0 Å². The molecule has 5 nitrogen and oxygen atoms in total. The van der Waals surface area contributed by atoms with E-state index in [2.05, 4.69) is 10.3 Å². The van der Waals surface area contributed by atoms with E-state index >= 15 is 0 Å². The fourth-order valence-corrected chi connectivity index (χ4v) is 3.08. The van der Waals surface area contributed by atoms with Crippen molar-refractivity contribution in [1.29, 1.82) is 0 Å². The molecule has 2 amide bonds. The minimum Gasteiger partial charge on any atom is -0.349 e. The Morgan fingerprint density at radius 1 is 1.23 bits per heavy atom. The molecule has 1 aromatic carbocycles. The Bertz CT molecular complexity index is 755. The summed E-state index contributed by atoms with van der Waals surface area (Å²) in [6.07, 6.45) is 5.88. The number of carbonyl (C=O) groups excluding carboxylic acids is 2. The molecule has 0 spiro atoms. The molecule has 1 fully saturated rings. The van der Waals surface area contributed by atoms with Gasteiger partial charge in [-0.15, -0.1) is 0 Å². The van der Waals surface area contributed by atoms with Crippen molar-refractivity contribution in [2.75, 3.05) is 0 Å². The molecule has 0 unspecified atom stereocenters. The maximum Gasteiger partial charge on any atom is 0.225 e. The number of benzene rings is 1. The Hall–Kier alpha value is -2.69. The van der Waals surface area contributed by atoms with Crippen LogP contribution in [-0.2, 0) is 16.1 Å². The summed E-state index contributed by atoms with van der Waals surface area (Å²) >= 11 is 0. The molecule has 1 saturated carbocycles. The molecule has 136 valence electrons. The van der Waals surface area contributed by atoms with Crippen molar-refractivity contribution in [3.05, 3.63) is 65.5 Å². The van der Waals surface area contributed by atoms with Crippen molar-refractivity contribution in [3.8, 4) is 0 Å². The van der Waals surface area contributed by atoms with Crippen LogP contribution >= 0.6 is 0 Å². The first-order valence-electron chi connectivity index (χ1n) is 9.05. The summed E-state index contributed by atoms with van der Waals surface area (Å²) in [5, 5.41) is 2.93. The summed E-state index contributed by atoms with van der Waals surface area (Å²) in [7, 11) is 0. The fourth-order valence-electron chi connectivity index (χ4n) is 3.08. The van der Waals surface area contributed by atoms with Crippen molar-refractivity contribution in [3.63, 3.8) is 0 Å². The lowest BCUT2D eigenvalue weighted by molar-refractivity contribution is -0.133. The minimum absolute atomic E-state index is 0.0654. The quantitative estimate of drug-likeness (QED) is 0.833. The van der Waals surface area contributed by atoms with E-state index in [1.54, 1.807) is 12.4 Å². The molecule has 0 saturated heterocycles. The average molecular weight is 351 g/mol. The van der Waals surface area contributed by atoms with E-state index in [9.17, 15) is 9.59 Å². The molecule has 0 radical (unpaired) electrons. The SMILES string of the molecule is CC(=O)N[C@H](CC(=O)N(Cc1cccnc1)C1CC1)c1ccc(C)cc1. The number of carbonyl (C=O) groups is 2.